The van der Waals surface area contributed by atoms with Crippen LogP contribution in [0.5, 0.6) is 0 Å². The molecule has 0 saturated carbocycles. The van der Waals surface area contributed by atoms with E-state index < -0.39 is 0 Å². The summed E-state index contributed by atoms with van der Waals surface area (Å²) >= 11 is 0. The predicted octanol–water partition coefficient (Wildman–Crippen LogP) is 3.22. The summed E-state index contributed by atoms with van der Waals surface area (Å²) < 4.78 is 0. The molecule has 1 fully saturated rings. The van der Waals surface area contributed by atoms with E-state index in [-0.39, 0.29) is 11.7 Å². The van der Waals surface area contributed by atoms with E-state index in [1.54, 1.807) is 6.92 Å². The normalized spacial score (nSPS) is 15.6. The first-order valence-corrected chi connectivity index (χ1v) is 9.94. The van der Waals surface area contributed by atoms with Gasteiger partial charge in [-0.3, -0.25) is 14.5 Å². The van der Waals surface area contributed by atoms with Crippen molar-refractivity contribution in [2.45, 2.75) is 34.2 Å². The quantitative estimate of drug-likeness (QED) is 0.753. The van der Waals surface area contributed by atoms with Gasteiger partial charge in [-0.1, -0.05) is 19.1 Å². The molecule has 2 aromatic rings. The monoisotopic (exact) mass is 382 g/mol. The number of aromatic amines is 1. The number of hydrogen-bond donors (Lipinski definition) is 2. The van der Waals surface area contributed by atoms with Gasteiger partial charge in [-0.15, -0.1) is 0 Å². The average molecular weight is 383 g/mol. The molecule has 1 amide bonds. The van der Waals surface area contributed by atoms with Crippen LogP contribution in [-0.2, 0) is 6.54 Å². The summed E-state index contributed by atoms with van der Waals surface area (Å²) in [6.45, 7) is 13.8. The summed E-state index contributed by atoms with van der Waals surface area (Å²) in [5.74, 6) is -0.258. The summed E-state index contributed by atoms with van der Waals surface area (Å²) in [6.07, 6.45) is 0. The van der Waals surface area contributed by atoms with Crippen LogP contribution >= 0.6 is 0 Å². The number of amides is 1. The summed E-state index contributed by atoms with van der Waals surface area (Å²) in [6, 6.07) is 8.00. The highest BCUT2D eigenvalue weighted by atomic mass is 16.2. The molecule has 6 heteroatoms. The molecule has 1 aliphatic rings. The molecule has 3 rings (SSSR count). The molecule has 2 N–H and O–H groups in total. The van der Waals surface area contributed by atoms with Gasteiger partial charge < -0.3 is 15.2 Å². The van der Waals surface area contributed by atoms with Crippen molar-refractivity contribution in [3.63, 3.8) is 0 Å². The van der Waals surface area contributed by atoms with E-state index in [2.05, 4.69) is 39.2 Å². The molecule has 1 saturated heterocycles. The first-order valence-electron chi connectivity index (χ1n) is 9.94. The third-order valence-electron chi connectivity index (χ3n) is 5.55. The zero-order valence-corrected chi connectivity index (χ0v) is 17.3. The van der Waals surface area contributed by atoms with Gasteiger partial charge in [-0.05, 0) is 50.6 Å². The Morgan fingerprint density at radius 2 is 1.64 bits per heavy atom. The van der Waals surface area contributed by atoms with Gasteiger partial charge in [0.25, 0.3) is 5.91 Å². The van der Waals surface area contributed by atoms with Crippen LogP contribution in [0.3, 0.4) is 0 Å². The first kappa shape index (κ1) is 20.3. The molecule has 0 aliphatic carbocycles. The van der Waals surface area contributed by atoms with Crippen molar-refractivity contribution in [1.82, 2.24) is 14.8 Å². The minimum absolute atomic E-state index is 0.0329. The van der Waals surface area contributed by atoms with Gasteiger partial charge in [-0.25, -0.2) is 0 Å². The molecule has 6 nitrogen and oxygen atoms in total. The van der Waals surface area contributed by atoms with Gasteiger partial charge in [0.2, 0.25) is 0 Å². The van der Waals surface area contributed by atoms with E-state index in [1.165, 1.54) is 12.5 Å². The lowest BCUT2D eigenvalue weighted by atomic mass is 10.1. The number of nitrogens with zero attached hydrogens (tertiary/aromatic N) is 2. The number of aryl methyl sites for hydroxylation is 1. The van der Waals surface area contributed by atoms with Gasteiger partial charge in [0.1, 0.15) is 5.69 Å². The lowest BCUT2D eigenvalue weighted by molar-refractivity contribution is 0.101. The SMILES string of the molecule is CCN1CCN(Cc2ccc(NC(=O)c3[nH]c(C)c(C(C)=O)c3C)cc2)CC1. The van der Waals surface area contributed by atoms with Crippen LogP contribution in [0.15, 0.2) is 24.3 Å². The second-order valence-electron chi connectivity index (χ2n) is 7.54. The zero-order valence-electron chi connectivity index (χ0n) is 17.3. The number of hydrogen-bond acceptors (Lipinski definition) is 4. The van der Waals surface area contributed by atoms with Crippen molar-refractivity contribution >= 4 is 17.4 Å². The van der Waals surface area contributed by atoms with Gasteiger partial charge in [0.15, 0.2) is 5.78 Å². The molecule has 0 atom stereocenters. The Bertz CT molecular complexity index is 846. The topological polar surface area (TPSA) is 68.4 Å². The van der Waals surface area contributed by atoms with Crippen molar-refractivity contribution in [2.75, 3.05) is 38.0 Å². The van der Waals surface area contributed by atoms with Crippen LogP contribution in [0.2, 0.25) is 0 Å². The Balaban J connectivity index is 1.61. The van der Waals surface area contributed by atoms with Crippen LogP contribution in [0.1, 0.15) is 51.5 Å². The van der Waals surface area contributed by atoms with Crippen LogP contribution < -0.4 is 5.32 Å². The Kier molecular flexibility index (Phi) is 6.31. The van der Waals surface area contributed by atoms with E-state index in [0.29, 0.717) is 16.8 Å². The Morgan fingerprint density at radius 1 is 1.04 bits per heavy atom. The maximum Gasteiger partial charge on any atom is 0.272 e. The third kappa shape index (κ3) is 4.51. The standard InChI is InChI=1S/C22H30N4O2/c1-5-25-10-12-26(13-11-25)14-18-6-8-19(9-7-18)24-22(28)21-15(2)20(17(4)27)16(3)23-21/h6-9,23H,5,10-14H2,1-4H3,(H,24,28). The highest BCUT2D eigenvalue weighted by Gasteiger charge is 2.20. The van der Waals surface area contributed by atoms with E-state index in [0.717, 1.165) is 50.6 Å². The number of nitrogens with one attached hydrogen (secondary N) is 2. The highest BCUT2D eigenvalue weighted by molar-refractivity contribution is 6.07. The molecule has 28 heavy (non-hydrogen) atoms. The van der Waals surface area contributed by atoms with Crippen LogP contribution in [0, 0.1) is 13.8 Å². The summed E-state index contributed by atoms with van der Waals surface area (Å²) in [5.41, 5.74) is 4.47. The Hall–Kier alpha value is -2.44. The largest absolute Gasteiger partial charge is 0.354 e. The first-order chi connectivity index (χ1) is 13.4. The minimum atomic E-state index is -0.225. The van der Waals surface area contributed by atoms with Gasteiger partial charge in [-0.2, -0.15) is 0 Å². The van der Waals surface area contributed by atoms with E-state index >= 15 is 0 Å². The van der Waals surface area contributed by atoms with Crippen LogP contribution in [0.4, 0.5) is 5.69 Å². The molecule has 0 bridgehead atoms. The maximum atomic E-state index is 12.6. The minimum Gasteiger partial charge on any atom is -0.354 e. The molecule has 1 aliphatic heterocycles. The van der Waals surface area contributed by atoms with Gasteiger partial charge in [0.05, 0.1) is 0 Å². The van der Waals surface area contributed by atoms with Crippen molar-refractivity contribution < 1.29 is 9.59 Å². The van der Waals surface area contributed by atoms with Crippen LogP contribution in [0.25, 0.3) is 0 Å². The van der Waals surface area contributed by atoms with Crippen molar-refractivity contribution in [1.29, 1.82) is 0 Å². The van der Waals surface area contributed by atoms with E-state index in [1.807, 2.05) is 19.1 Å². The average Bonchev–Trinajstić information content (AvgIpc) is 2.98. The maximum absolute atomic E-state index is 12.6. The fraction of sp³-hybridized carbons (Fsp3) is 0.455. The summed E-state index contributed by atoms with van der Waals surface area (Å²) in [5, 5.41) is 2.92. The molecule has 150 valence electrons. The van der Waals surface area contributed by atoms with Crippen molar-refractivity contribution in [2.24, 2.45) is 0 Å². The Morgan fingerprint density at radius 3 is 2.18 bits per heavy atom. The molecule has 0 unspecified atom stereocenters. The van der Waals surface area contributed by atoms with E-state index in [9.17, 15) is 9.59 Å². The number of Topliss-reactive ketones (excluding diaryl/α,β-unsaturated/α-hetero) is 1. The second kappa shape index (κ2) is 8.71. The predicted molar refractivity (Wildman–Crippen MR) is 112 cm³/mol. The third-order valence-corrected chi connectivity index (χ3v) is 5.55. The highest BCUT2D eigenvalue weighted by Crippen LogP contribution is 2.20. The summed E-state index contributed by atoms with van der Waals surface area (Å²) in [4.78, 5) is 32.4. The number of carbonyl (C=O) groups excluding carboxylic acids is 2. The number of anilines is 1. The lowest BCUT2D eigenvalue weighted by Gasteiger charge is -2.34. The van der Waals surface area contributed by atoms with Crippen molar-refractivity contribution in [3.8, 4) is 0 Å². The van der Waals surface area contributed by atoms with Gasteiger partial charge >= 0.3 is 0 Å². The molecule has 0 radical (unpaired) electrons. The Labute approximate surface area is 166 Å². The molecule has 1 aromatic heterocycles. The van der Waals surface area contributed by atoms with Crippen LogP contribution in [-0.4, -0.2) is 59.2 Å². The van der Waals surface area contributed by atoms with E-state index in [4.69, 9.17) is 0 Å². The molecule has 1 aromatic carbocycles. The number of rotatable bonds is 6. The second-order valence-corrected chi connectivity index (χ2v) is 7.54. The number of likely N-dealkylation sites (N-methyl/N-ethyl adjacent to an activating group) is 1. The fourth-order valence-electron chi connectivity index (χ4n) is 3.91. The van der Waals surface area contributed by atoms with Crippen molar-refractivity contribution in [3.05, 3.63) is 52.3 Å². The zero-order chi connectivity index (χ0) is 20.3. The number of piperazine rings is 1. The number of benzene rings is 1. The number of ketones is 1. The smallest absolute Gasteiger partial charge is 0.272 e. The summed E-state index contributed by atoms with van der Waals surface area (Å²) in [7, 11) is 0. The number of carbonyl (C=O) groups is 2. The molecule has 2 heterocycles. The lowest BCUT2D eigenvalue weighted by Crippen LogP contribution is -2.45. The number of H-pyrrole nitrogens is 1. The molecular weight excluding hydrogens is 352 g/mol. The molecule has 0 spiro atoms. The van der Waals surface area contributed by atoms with Gasteiger partial charge in [0, 0.05) is 49.7 Å². The molecular formula is C22H30N4O2. The number of aromatic nitrogens is 1. The fourth-order valence-corrected chi connectivity index (χ4v) is 3.91.